The smallest absolute Gasteiger partial charge is 0.387 e. The van der Waals surface area contributed by atoms with Crippen LogP contribution in [0.3, 0.4) is 0 Å². The number of ether oxygens (including phenoxy) is 2. The van der Waals surface area contributed by atoms with Gasteiger partial charge in [0.2, 0.25) is 11.8 Å². The molecule has 0 bridgehead atoms. The summed E-state index contributed by atoms with van der Waals surface area (Å²) in [4.78, 5) is 8.13. The molecular formula is C26H22F3N3O4S. The zero-order valence-corrected chi connectivity index (χ0v) is 20.5. The fourth-order valence-corrected chi connectivity index (χ4v) is 4.51. The number of para-hydroxylation sites is 1. The highest BCUT2D eigenvalue weighted by atomic mass is 32.2. The van der Waals surface area contributed by atoms with Crippen molar-refractivity contribution in [3.8, 4) is 28.6 Å². The van der Waals surface area contributed by atoms with Crippen LogP contribution >= 0.6 is 0 Å². The number of halogens is 3. The van der Waals surface area contributed by atoms with Crippen LogP contribution in [-0.4, -0.2) is 25.0 Å². The Labute approximate surface area is 212 Å². The van der Waals surface area contributed by atoms with Crippen molar-refractivity contribution >= 4 is 16.0 Å². The van der Waals surface area contributed by atoms with Gasteiger partial charge in [-0.1, -0.05) is 56.3 Å². The molecule has 0 saturated carbocycles. The highest BCUT2D eigenvalue weighted by Crippen LogP contribution is 2.32. The standard InChI is InChI=1S/C26H22F3N3O4S/c1-16(2)19-10-3-4-11-20(19)22-15-24(36-23-13-6-5-12-21(23)27)31-26(30-22)32-37(33,34)18-9-7-8-17(14-18)35-25(28)29/h3-16,25H,1-2H3,(H,30,31,32). The molecule has 0 radical (unpaired) electrons. The predicted molar refractivity (Wildman–Crippen MR) is 132 cm³/mol. The summed E-state index contributed by atoms with van der Waals surface area (Å²) in [5.74, 6) is -1.44. The number of benzene rings is 3. The van der Waals surface area contributed by atoms with Crippen molar-refractivity contribution in [1.29, 1.82) is 0 Å². The van der Waals surface area contributed by atoms with Crippen molar-refractivity contribution in [2.45, 2.75) is 31.3 Å². The van der Waals surface area contributed by atoms with Gasteiger partial charge < -0.3 is 9.47 Å². The molecule has 192 valence electrons. The Morgan fingerprint density at radius 1 is 0.892 bits per heavy atom. The average Bonchev–Trinajstić information content (AvgIpc) is 2.85. The van der Waals surface area contributed by atoms with Gasteiger partial charge in [-0.25, -0.2) is 22.5 Å². The van der Waals surface area contributed by atoms with Crippen LogP contribution in [0, 0.1) is 5.82 Å². The van der Waals surface area contributed by atoms with Crippen molar-refractivity contribution in [1.82, 2.24) is 9.97 Å². The lowest BCUT2D eigenvalue weighted by Crippen LogP contribution is -2.16. The number of nitrogens with one attached hydrogen (secondary N) is 1. The SMILES string of the molecule is CC(C)c1ccccc1-c1cc(Oc2ccccc2F)nc(NS(=O)(=O)c2cccc(OC(F)F)c2)n1. The first-order valence-corrected chi connectivity index (χ1v) is 12.6. The molecule has 3 aromatic carbocycles. The maximum atomic E-state index is 14.2. The Kier molecular flexibility index (Phi) is 7.63. The minimum absolute atomic E-state index is 0.110. The molecule has 0 aliphatic rings. The van der Waals surface area contributed by atoms with Gasteiger partial charge in [0.15, 0.2) is 11.6 Å². The van der Waals surface area contributed by atoms with Crippen LogP contribution in [0.15, 0.2) is 83.8 Å². The van der Waals surface area contributed by atoms with Crippen LogP contribution in [0.2, 0.25) is 0 Å². The third-order valence-corrected chi connectivity index (χ3v) is 6.51. The summed E-state index contributed by atoms with van der Waals surface area (Å²) in [6.07, 6.45) is 0. The van der Waals surface area contributed by atoms with E-state index < -0.39 is 22.5 Å². The summed E-state index contributed by atoms with van der Waals surface area (Å²) in [6.45, 7) is 0.869. The lowest BCUT2D eigenvalue weighted by molar-refractivity contribution is -0.0499. The number of rotatable bonds is 9. The first-order chi connectivity index (χ1) is 17.6. The molecule has 37 heavy (non-hydrogen) atoms. The van der Waals surface area contributed by atoms with E-state index in [9.17, 15) is 21.6 Å². The van der Waals surface area contributed by atoms with Crippen LogP contribution in [0.25, 0.3) is 11.3 Å². The van der Waals surface area contributed by atoms with E-state index in [0.29, 0.717) is 11.3 Å². The number of nitrogens with zero attached hydrogens (tertiary/aromatic N) is 2. The number of sulfonamides is 1. The molecule has 0 spiro atoms. The average molecular weight is 530 g/mol. The van der Waals surface area contributed by atoms with Crippen molar-refractivity contribution in [2.75, 3.05) is 4.72 Å². The number of anilines is 1. The number of hydrogen-bond donors (Lipinski definition) is 1. The van der Waals surface area contributed by atoms with Crippen LogP contribution in [0.5, 0.6) is 17.4 Å². The molecule has 4 aromatic rings. The van der Waals surface area contributed by atoms with Crippen molar-refractivity contribution < 1.29 is 31.1 Å². The van der Waals surface area contributed by atoms with E-state index in [1.807, 2.05) is 32.0 Å². The van der Waals surface area contributed by atoms with E-state index >= 15 is 0 Å². The molecule has 11 heteroatoms. The van der Waals surface area contributed by atoms with Crippen molar-refractivity contribution in [2.24, 2.45) is 0 Å². The van der Waals surface area contributed by atoms with Crippen LogP contribution < -0.4 is 14.2 Å². The fraction of sp³-hybridized carbons (Fsp3) is 0.154. The third-order valence-electron chi connectivity index (χ3n) is 5.18. The van der Waals surface area contributed by atoms with Crippen LogP contribution in [0.1, 0.15) is 25.3 Å². The van der Waals surface area contributed by atoms with Crippen molar-refractivity contribution in [3.05, 3.63) is 90.2 Å². The summed E-state index contributed by atoms with van der Waals surface area (Å²) < 4.78 is 77.7. The summed E-state index contributed by atoms with van der Waals surface area (Å²) in [5, 5.41) is 0. The Bertz CT molecular complexity index is 1510. The van der Waals surface area contributed by atoms with Crippen LogP contribution in [-0.2, 0) is 10.0 Å². The zero-order valence-electron chi connectivity index (χ0n) is 19.7. The minimum atomic E-state index is -4.32. The van der Waals surface area contributed by atoms with Gasteiger partial charge in [-0.05, 0) is 35.7 Å². The molecule has 0 fully saturated rings. The molecule has 0 saturated heterocycles. The largest absolute Gasteiger partial charge is 0.436 e. The first-order valence-electron chi connectivity index (χ1n) is 11.1. The van der Waals surface area contributed by atoms with E-state index in [1.165, 1.54) is 42.5 Å². The maximum absolute atomic E-state index is 14.2. The Morgan fingerprint density at radius 3 is 2.35 bits per heavy atom. The normalized spacial score (nSPS) is 11.5. The van der Waals surface area contributed by atoms with E-state index in [1.54, 1.807) is 12.1 Å². The van der Waals surface area contributed by atoms with Gasteiger partial charge in [0, 0.05) is 17.7 Å². The molecule has 0 unspecified atom stereocenters. The second kappa shape index (κ2) is 10.9. The first kappa shape index (κ1) is 26.0. The molecule has 0 aliphatic carbocycles. The molecule has 0 aliphatic heterocycles. The minimum Gasteiger partial charge on any atom is -0.436 e. The molecule has 4 rings (SSSR count). The van der Waals surface area contributed by atoms with E-state index in [4.69, 9.17) is 4.74 Å². The van der Waals surface area contributed by atoms with E-state index in [2.05, 4.69) is 19.4 Å². The van der Waals surface area contributed by atoms with E-state index in [-0.39, 0.29) is 34.1 Å². The van der Waals surface area contributed by atoms with E-state index in [0.717, 1.165) is 11.6 Å². The maximum Gasteiger partial charge on any atom is 0.387 e. The van der Waals surface area contributed by atoms with Gasteiger partial charge in [0.1, 0.15) is 5.75 Å². The van der Waals surface area contributed by atoms with Gasteiger partial charge >= 0.3 is 6.61 Å². The summed E-state index contributed by atoms with van der Waals surface area (Å²) >= 11 is 0. The molecule has 1 heterocycles. The second-order valence-electron chi connectivity index (χ2n) is 8.15. The van der Waals surface area contributed by atoms with Crippen molar-refractivity contribution in [3.63, 3.8) is 0 Å². The number of alkyl halides is 2. The topological polar surface area (TPSA) is 90.4 Å². The Hall–Kier alpha value is -4.12. The molecule has 1 N–H and O–H groups in total. The highest BCUT2D eigenvalue weighted by molar-refractivity contribution is 7.92. The quantitative estimate of drug-likeness (QED) is 0.263. The van der Waals surface area contributed by atoms with Gasteiger partial charge in [-0.15, -0.1) is 0 Å². The van der Waals surface area contributed by atoms with Gasteiger partial charge in [0.05, 0.1) is 10.6 Å². The Morgan fingerprint density at radius 2 is 1.62 bits per heavy atom. The van der Waals surface area contributed by atoms with Gasteiger partial charge in [-0.2, -0.15) is 13.8 Å². The third kappa shape index (κ3) is 6.36. The lowest BCUT2D eigenvalue weighted by atomic mass is 9.95. The summed E-state index contributed by atoms with van der Waals surface area (Å²) in [6, 6.07) is 19.2. The molecule has 0 atom stereocenters. The monoisotopic (exact) mass is 529 g/mol. The summed E-state index contributed by atoms with van der Waals surface area (Å²) in [5.41, 5.74) is 1.97. The molecule has 1 aromatic heterocycles. The zero-order chi connectivity index (χ0) is 26.6. The fourth-order valence-electron chi connectivity index (χ4n) is 3.53. The summed E-state index contributed by atoms with van der Waals surface area (Å²) in [7, 11) is -4.32. The lowest BCUT2D eigenvalue weighted by Gasteiger charge is -2.15. The number of hydrogen-bond acceptors (Lipinski definition) is 6. The number of aromatic nitrogens is 2. The second-order valence-corrected chi connectivity index (χ2v) is 9.83. The molecular weight excluding hydrogens is 507 g/mol. The highest BCUT2D eigenvalue weighted by Gasteiger charge is 2.20. The van der Waals surface area contributed by atoms with Crippen LogP contribution in [0.4, 0.5) is 19.1 Å². The van der Waals surface area contributed by atoms with Gasteiger partial charge in [-0.3, -0.25) is 0 Å². The Balaban J connectivity index is 1.77. The predicted octanol–water partition coefficient (Wildman–Crippen LogP) is 6.60. The van der Waals surface area contributed by atoms with Gasteiger partial charge in [0.25, 0.3) is 10.0 Å². The molecule has 0 amide bonds. The molecule has 7 nitrogen and oxygen atoms in total.